The van der Waals surface area contributed by atoms with E-state index in [0.717, 1.165) is 12.5 Å². The predicted molar refractivity (Wildman–Crippen MR) is 121 cm³/mol. The van der Waals surface area contributed by atoms with E-state index < -0.39 is 0 Å². The number of rotatable bonds is 10. The molecule has 0 radical (unpaired) electrons. The zero-order valence-electron chi connectivity index (χ0n) is 17.5. The average molecular weight is 377 g/mol. The van der Waals surface area contributed by atoms with Crippen LogP contribution in [0.2, 0.25) is 0 Å². The SMILES string of the molecule is C=CCOCC1CCC(c2ccc(-c3ccc(CCCCC)cc3)cc2)CC1. The molecule has 0 saturated heterocycles. The van der Waals surface area contributed by atoms with Crippen molar-refractivity contribution in [3.63, 3.8) is 0 Å². The molecule has 1 aliphatic rings. The minimum Gasteiger partial charge on any atom is -0.377 e. The summed E-state index contributed by atoms with van der Waals surface area (Å²) in [5, 5.41) is 0. The first-order valence-electron chi connectivity index (χ1n) is 11.2. The lowest BCUT2D eigenvalue weighted by Crippen LogP contribution is -2.18. The highest BCUT2D eigenvalue weighted by Crippen LogP contribution is 2.36. The van der Waals surface area contributed by atoms with Crippen LogP contribution in [0.25, 0.3) is 11.1 Å². The maximum atomic E-state index is 5.65. The van der Waals surface area contributed by atoms with Crippen molar-refractivity contribution in [2.45, 2.75) is 64.2 Å². The van der Waals surface area contributed by atoms with Gasteiger partial charge >= 0.3 is 0 Å². The van der Waals surface area contributed by atoms with E-state index in [2.05, 4.69) is 62.0 Å². The standard InChI is InChI=1S/C27H36O/c1-3-5-6-7-22-8-12-24(13-9-22)26-16-18-27(19-17-26)25-14-10-23(11-15-25)21-28-20-4-2/h4,8-9,12-13,16-19,23,25H,2-3,5-7,10-11,14-15,20-21H2,1H3. The van der Waals surface area contributed by atoms with Gasteiger partial charge in [0.1, 0.15) is 0 Å². The van der Waals surface area contributed by atoms with E-state index in [0.29, 0.717) is 12.5 Å². The first kappa shape index (κ1) is 20.9. The van der Waals surface area contributed by atoms with Crippen molar-refractivity contribution in [1.29, 1.82) is 0 Å². The zero-order valence-corrected chi connectivity index (χ0v) is 17.5. The van der Waals surface area contributed by atoms with Gasteiger partial charge in [0.25, 0.3) is 0 Å². The molecule has 0 unspecified atom stereocenters. The molecule has 0 bridgehead atoms. The molecular formula is C27H36O. The van der Waals surface area contributed by atoms with E-state index in [1.807, 2.05) is 6.08 Å². The highest BCUT2D eigenvalue weighted by molar-refractivity contribution is 5.64. The number of ether oxygens (including phenoxy) is 1. The Kier molecular flexibility index (Phi) is 8.36. The molecule has 0 amide bonds. The minimum atomic E-state index is 0.682. The summed E-state index contributed by atoms with van der Waals surface area (Å²) < 4.78 is 5.65. The van der Waals surface area contributed by atoms with Gasteiger partial charge in [0, 0.05) is 6.61 Å². The lowest BCUT2D eigenvalue weighted by Gasteiger charge is -2.28. The van der Waals surface area contributed by atoms with Crippen LogP contribution >= 0.6 is 0 Å². The largest absolute Gasteiger partial charge is 0.377 e. The molecule has 1 heteroatoms. The first-order chi connectivity index (χ1) is 13.8. The van der Waals surface area contributed by atoms with Crippen LogP contribution in [0, 0.1) is 5.92 Å². The summed E-state index contributed by atoms with van der Waals surface area (Å²) in [5.74, 6) is 1.44. The summed E-state index contributed by atoms with van der Waals surface area (Å²) in [6, 6.07) is 18.5. The average Bonchev–Trinajstić information content (AvgIpc) is 2.75. The Labute approximate surface area is 171 Å². The highest BCUT2D eigenvalue weighted by atomic mass is 16.5. The van der Waals surface area contributed by atoms with Crippen LogP contribution in [-0.2, 0) is 11.2 Å². The Balaban J connectivity index is 1.52. The van der Waals surface area contributed by atoms with Gasteiger partial charge in [-0.1, -0.05) is 74.4 Å². The molecule has 0 N–H and O–H groups in total. The van der Waals surface area contributed by atoms with Gasteiger partial charge in [-0.05, 0) is 72.6 Å². The molecular weight excluding hydrogens is 340 g/mol. The molecule has 28 heavy (non-hydrogen) atoms. The summed E-state index contributed by atoms with van der Waals surface area (Å²) in [5.41, 5.74) is 5.62. The van der Waals surface area contributed by atoms with Gasteiger partial charge in [-0.2, -0.15) is 0 Å². The summed E-state index contributed by atoms with van der Waals surface area (Å²) in [6.45, 7) is 7.56. The molecule has 2 aromatic carbocycles. The van der Waals surface area contributed by atoms with Gasteiger partial charge in [0.15, 0.2) is 0 Å². The summed E-state index contributed by atoms with van der Waals surface area (Å²) in [7, 11) is 0. The van der Waals surface area contributed by atoms with Gasteiger partial charge in [-0.25, -0.2) is 0 Å². The fraction of sp³-hybridized carbons (Fsp3) is 0.481. The predicted octanol–water partition coefficient (Wildman–Crippen LogP) is 7.56. The van der Waals surface area contributed by atoms with Crippen molar-refractivity contribution in [2.75, 3.05) is 13.2 Å². The van der Waals surface area contributed by atoms with E-state index in [4.69, 9.17) is 4.74 Å². The van der Waals surface area contributed by atoms with Crippen molar-refractivity contribution in [2.24, 2.45) is 5.92 Å². The highest BCUT2D eigenvalue weighted by Gasteiger charge is 2.22. The lowest BCUT2D eigenvalue weighted by atomic mass is 9.79. The van der Waals surface area contributed by atoms with Gasteiger partial charge in [-0.15, -0.1) is 6.58 Å². The quantitative estimate of drug-likeness (QED) is 0.307. The molecule has 1 fully saturated rings. The third-order valence-electron chi connectivity index (χ3n) is 6.17. The maximum absolute atomic E-state index is 5.65. The molecule has 0 aromatic heterocycles. The number of hydrogen-bond acceptors (Lipinski definition) is 1. The molecule has 0 heterocycles. The van der Waals surface area contributed by atoms with E-state index in [-0.39, 0.29) is 0 Å². The third-order valence-corrected chi connectivity index (χ3v) is 6.17. The molecule has 3 rings (SSSR count). The van der Waals surface area contributed by atoms with E-state index in [1.165, 1.54) is 73.6 Å². The first-order valence-corrected chi connectivity index (χ1v) is 11.2. The normalized spacial score (nSPS) is 19.5. The van der Waals surface area contributed by atoms with Crippen molar-refractivity contribution in [1.82, 2.24) is 0 Å². The molecule has 1 nitrogen and oxygen atoms in total. The monoisotopic (exact) mass is 376 g/mol. The Hall–Kier alpha value is -1.86. The second kappa shape index (κ2) is 11.2. The van der Waals surface area contributed by atoms with E-state index in [9.17, 15) is 0 Å². The third kappa shape index (κ3) is 6.07. The molecule has 150 valence electrons. The van der Waals surface area contributed by atoms with Crippen LogP contribution in [0.4, 0.5) is 0 Å². The number of benzene rings is 2. The van der Waals surface area contributed by atoms with Crippen LogP contribution in [0.5, 0.6) is 0 Å². The zero-order chi connectivity index (χ0) is 19.6. The maximum Gasteiger partial charge on any atom is 0.0644 e. The number of aryl methyl sites for hydroxylation is 1. The van der Waals surface area contributed by atoms with Crippen molar-refractivity contribution in [3.8, 4) is 11.1 Å². The molecule has 2 aromatic rings. The lowest BCUT2D eigenvalue weighted by molar-refractivity contribution is 0.102. The second-order valence-electron chi connectivity index (χ2n) is 8.32. The van der Waals surface area contributed by atoms with Crippen molar-refractivity contribution < 1.29 is 4.74 Å². The Morgan fingerprint density at radius 1 is 0.893 bits per heavy atom. The van der Waals surface area contributed by atoms with Gasteiger partial charge in [0.2, 0.25) is 0 Å². The number of unbranched alkanes of at least 4 members (excludes halogenated alkanes) is 2. The smallest absolute Gasteiger partial charge is 0.0644 e. The van der Waals surface area contributed by atoms with Crippen LogP contribution in [0.15, 0.2) is 61.2 Å². The molecule has 0 spiro atoms. The fourth-order valence-electron chi connectivity index (χ4n) is 4.37. The fourth-order valence-corrected chi connectivity index (χ4v) is 4.37. The van der Waals surface area contributed by atoms with Crippen LogP contribution < -0.4 is 0 Å². The molecule has 0 atom stereocenters. The van der Waals surface area contributed by atoms with Gasteiger partial charge in [-0.3, -0.25) is 0 Å². The number of hydrogen-bond donors (Lipinski definition) is 0. The molecule has 1 saturated carbocycles. The molecule has 0 aliphatic heterocycles. The van der Waals surface area contributed by atoms with Crippen LogP contribution in [-0.4, -0.2) is 13.2 Å². The van der Waals surface area contributed by atoms with Crippen LogP contribution in [0.3, 0.4) is 0 Å². The Morgan fingerprint density at radius 3 is 2.14 bits per heavy atom. The van der Waals surface area contributed by atoms with Crippen LogP contribution in [0.1, 0.15) is 68.9 Å². The van der Waals surface area contributed by atoms with Gasteiger partial charge in [0.05, 0.1) is 6.61 Å². The minimum absolute atomic E-state index is 0.682. The van der Waals surface area contributed by atoms with Gasteiger partial charge < -0.3 is 4.74 Å². The van der Waals surface area contributed by atoms with Crippen molar-refractivity contribution in [3.05, 3.63) is 72.3 Å². The van der Waals surface area contributed by atoms with Crippen molar-refractivity contribution >= 4 is 0 Å². The molecule has 1 aliphatic carbocycles. The summed E-state index contributed by atoms with van der Waals surface area (Å²) in [6.07, 6.45) is 12.1. The summed E-state index contributed by atoms with van der Waals surface area (Å²) >= 11 is 0. The van der Waals surface area contributed by atoms with E-state index in [1.54, 1.807) is 0 Å². The Bertz CT molecular complexity index is 690. The van der Waals surface area contributed by atoms with E-state index >= 15 is 0 Å². The summed E-state index contributed by atoms with van der Waals surface area (Å²) in [4.78, 5) is 0. The second-order valence-corrected chi connectivity index (χ2v) is 8.32. The topological polar surface area (TPSA) is 9.23 Å². The Morgan fingerprint density at radius 2 is 1.54 bits per heavy atom.